The Kier molecular flexibility index (Phi) is 17.0. The molecule has 0 aromatic heterocycles. The Morgan fingerprint density at radius 2 is 1.08 bits per heavy atom. The Morgan fingerprint density at radius 1 is 0.760 bits per heavy atom. The van der Waals surface area contributed by atoms with E-state index in [0.717, 1.165) is 0 Å². The summed E-state index contributed by atoms with van der Waals surface area (Å²) in [6.45, 7) is 4.56. The molecule has 3 N–H and O–H groups in total. The molecular formula is C17H34O7S. The van der Waals surface area contributed by atoms with E-state index in [1.54, 1.807) is 0 Å². The van der Waals surface area contributed by atoms with Crippen LogP contribution >= 0.6 is 0 Å². The maximum absolute atomic E-state index is 10.2. The van der Waals surface area contributed by atoms with E-state index < -0.39 is 33.7 Å². The van der Waals surface area contributed by atoms with Crippen LogP contribution in [-0.2, 0) is 19.7 Å². The highest BCUT2D eigenvalue weighted by atomic mass is 32.2. The van der Waals surface area contributed by atoms with Gasteiger partial charge < -0.3 is 10.2 Å². The minimum Gasteiger partial charge on any atom is -0.481 e. The molecule has 0 amide bonds. The summed E-state index contributed by atoms with van der Waals surface area (Å²) in [5.74, 6) is -3.50. The van der Waals surface area contributed by atoms with Gasteiger partial charge in [-0.25, -0.2) is 0 Å². The predicted octanol–water partition coefficient (Wildman–Crippen LogP) is 4.12. The lowest BCUT2D eigenvalue weighted by molar-refractivity contribution is -0.143. The summed E-state index contributed by atoms with van der Waals surface area (Å²) in [5, 5.41) is 13.9. The molecule has 0 radical (unpaired) electrons. The highest BCUT2D eigenvalue weighted by Crippen LogP contribution is 2.10. The predicted molar refractivity (Wildman–Crippen MR) is 97.4 cm³/mol. The maximum Gasteiger partial charge on any atom is 0.325 e. The topological polar surface area (TPSA) is 129 Å². The van der Waals surface area contributed by atoms with Crippen molar-refractivity contribution in [3.05, 3.63) is 0 Å². The third kappa shape index (κ3) is 19.0. The van der Waals surface area contributed by atoms with Crippen LogP contribution in [0.2, 0.25) is 0 Å². The quantitative estimate of drug-likeness (QED) is 0.304. The average Bonchev–Trinajstić information content (AvgIpc) is 2.50. The van der Waals surface area contributed by atoms with Crippen LogP contribution in [0.15, 0.2) is 0 Å². The van der Waals surface area contributed by atoms with E-state index in [1.807, 2.05) is 0 Å². The summed E-state index contributed by atoms with van der Waals surface area (Å²) in [6, 6.07) is 0. The van der Waals surface area contributed by atoms with Crippen molar-refractivity contribution < 1.29 is 32.8 Å². The van der Waals surface area contributed by atoms with Gasteiger partial charge in [0.15, 0.2) is 5.25 Å². The molecule has 0 spiro atoms. The van der Waals surface area contributed by atoms with E-state index in [9.17, 15) is 18.0 Å². The maximum atomic E-state index is 10.2. The number of carbonyl (C=O) groups is 2. The van der Waals surface area contributed by atoms with Gasteiger partial charge in [-0.05, 0) is 0 Å². The average molecular weight is 383 g/mol. The summed E-state index contributed by atoms with van der Waals surface area (Å²) in [4.78, 5) is 20.0. The molecule has 0 saturated carbocycles. The third-order valence-corrected chi connectivity index (χ3v) is 4.79. The Morgan fingerprint density at radius 3 is 1.24 bits per heavy atom. The number of aliphatic carboxylic acids is 2. The van der Waals surface area contributed by atoms with Crippen molar-refractivity contribution in [3.8, 4) is 0 Å². The molecule has 0 aromatic carbocycles. The summed E-state index contributed by atoms with van der Waals surface area (Å²) >= 11 is 0. The molecule has 0 aliphatic heterocycles. The normalized spacial score (nSPS) is 12.1. The lowest BCUT2D eigenvalue weighted by Gasteiger charge is -2.04. The van der Waals surface area contributed by atoms with E-state index >= 15 is 0 Å². The molecule has 0 aliphatic rings. The zero-order chi connectivity index (χ0) is 19.7. The molecule has 25 heavy (non-hydrogen) atoms. The molecule has 0 aliphatic carbocycles. The first-order valence-electron chi connectivity index (χ1n) is 9.07. The van der Waals surface area contributed by atoms with E-state index in [-0.39, 0.29) is 0 Å². The largest absolute Gasteiger partial charge is 0.481 e. The molecule has 0 fully saturated rings. The van der Waals surface area contributed by atoms with Gasteiger partial charge in [-0.2, -0.15) is 8.42 Å². The van der Waals surface area contributed by atoms with Gasteiger partial charge in [-0.15, -0.1) is 0 Å². The zero-order valence-corrected chi connectivity index (χ0v) is 16.3. The van der Waals surface area contributed by atoms with Crippen molar-refractivity contribution in [3.63, 3.8) is 0 Å². The molecule has 8 heteroatoms. The van der Waals surface area contributed by atoms with E-state index in [1.165, 1.54) is 70.6 Å². The zero-order valence-electron chi connectivity index (χ0n) is 15.4. The lowest BCUT2D eigenvalue weighted by atomic mass is 10.1. The van der Waals surface area contributed by atoms with Crippen molar-refractivity contribution in [2.45, 2.75) is 96.1 Å². The Hall–Kier alpha value is -1.15. The first-order chi connectivity index (χ1) is 11.7. The molecule has 150 valence electrons. The summed E-state index contributed by atoms with van der Waals surface area (Å²) < 4.78 is 28.7. The smallest absolute Gasteiger partial charge is 0.325 e. The van der Waals surface area contributed by atoms with Crippen molar-refractivity contribution in [1.29, 1.82) is 0 Å². The summed E-state index contributed by atoms with van der Waals surface area (Å²) in [6.07, 6.45) is 14.8. The summed E-state index contributed by atoms with van der Waals surface area (Å²) in [5.41, 5.74) is 0. The third-order valence-electron chi connectivity index (χ3n) is 3.70. The van der Waals surface area contributed by atoms with Crippen LogP contribution in [0.3, 0.4) is 0 Å². The second kappa shape index (κ2) is 16.3. The van der Waals surface area contributed by atoms with Crippen LogP contribution in [-0.4, -0.2) is 40.4 Å². The van der Waals surface area contributed by atoms with Crippen LogP contribution in [0.1, 0.15) is 90.9 Å². The van der Waals surface area contributed by atoms with E-state index in [4.69, 9.17) is 14.8 Å². The molecule has 0 aromatic rings. The van der Waals surface area contributed by atoms with Gasteiger partial charge in [0.05, 0.1) is 6.42 Å². The molecule has 0 heterocycles. The first kappa shape index (κ1) is 26.1. The highest BCUT2D eigenvalue weighted by molar-refractivity contribution is 7.87. The number of unbranched alkanes of at least 4 members (excludes halogenated alkanes) is 10. The fourth-order valence-corrected chi connectivity index (χ4v) is 2.82. The second-order valence-electron chi connectivity index (χ2n) is 6.12. The number of rotatable bonds is 14. The van der Waals surface area contributed by atoms with Crippen LogP contribution in [0.4, 0.5) is 0 Å². The van der Waals surface area contributed by atoms with Gasteiger partial charge in [-0.1, -0.05) is 84.5 Å². The molecule has 0 rings (SSSR count). The molecule has 7 nitrogen and oxygen atoms in total. The minimum atomic E-state index is -4.84. The number of carboxylic acids is 2. The second-order valence-corrected chi connectivity index (χ2v) is 7.72. The van der Waals surface area contributed by atoms with Crippen LogP contribution < -0.4 is 0 Å². The van der Waals surface area contributed by atoms with Crippen molar-refractivity contribution in [2.75, 3.05) is 0 Å². The van der Waals surface area contributed by atoms with Gasteiger partial charge >= 0.3 is 11.9 Å². The standard InChI is InChI=1S/C13H28.C4H6O7S/c1-3-5-7-9-11-13-12-10-8-6-4-2;5-3(6)1-2(4(7)8)12(9,10)11/h3-13H2,1-2H3;2H,1H2,(H,5,6)(H,7,8)(H,9,10,11). The lowest BCUT2D eigenvalue weighted by Crippen LogP contribution is -2.31. The number of hydrogen-bond acceptors (Lipinski definition) is 4. The van der Waals surface area contributed by atoms with Gasteiger partial charge in [0.1, 0.15) is 0 Å². The van der Waals surface area contributed by atoms with Gasteiger partial charge in [-0.3, -0.25) is 14.1 Å². The monoisotopic (exact) mass is 382 g/mol. The van der Waals surface area contributed by atoms with Crippen LogP contribution in [0, 0.1) is 0 Å². The Balaban J connectivity index is 0. The molecule has 0 saturated heterocycles. The first-order valence-corrected chi connectivity index (χ1v) is 10.6. The fraction of sp³-hybridized carbons (Fsp3) is 0.882. The Bertz CT molecular complexity index is 436. The molecule has 1 unspecified atom stereocenters. The van der Waals surface area contributed by atoms with Gasteiger partial charge in [0.2, 0.25) is 0 Å². The minimum absolute atomic E-state index is 1.16. The van der Waals surface area contributed by atoms with Crippen molar-refractivity contribution in [1.82, 2.24) is 0 Å². The highest BCUT2D eigenvalue weighted by Gasteiger charge is 2.33. The van der Waals surface area contributed by atoms with Crippen LogP contribution in [0.25, 0.3) is 0 Å². The van der Waals surface area contributed by atoms with E-state index in [2.05, 4.69) is 13.8 Å². The fourth-order valence-electron chi connectivity index (χ4n) is 2.22. The van der Waals surface area contributed by atoms with Gasteiger partial charge in [0.25, 0.3) is 10.1 Å². The number of carboxylic acid groups (broad SMARTS) is 2. The van der Waals surface area contributed by atoms with Gasteiger partial charge in [0, 0.05) is 0 Å². The van der Waals surface area contributed by atoms with Crippen molar-refractivity contribution in [2.24, 2.45) is 0 Å². The van der Waals surface area contributed by atoms with Crippen molar-refractivity contribution >= 4 is 22.1 Å². The van der Waals surface area contributed by atoms with Crippen LogP contribution in [0.5, 0.6) is 0 Å². The molecule has 1 atom stereocenters. The molecular weight excluding hydrogens is 348 g/mol. The Labute approximate surface area is 151 Å². The SMILES string of the molecule is CCCCCCCCCCCCC.O=C(O)CC(C(=O)O)S(=O)(=O)O. The number of hydrogen-bond donors (Lipinski definition) is 3. The molecule has 0 bridgehead atoms. The van der Waals surface area contributed by atoms with E-state index in [0.29, 0.717) is 0 Å². The summed E-state index contributed by atoms with van der Waals surface area (Å²) in [7, 11) is -4.84.